The average Bonchev–Trinajstić information content (AvgIpc) is 3.65. The Morgan fingerprint density at radius 2 is 1.94 bits per heavy atom. The van der Waals surface area contributed by atoms with Crippen LogP contribution in [0.25, 0.3) is 22.6 Å². The van der Waals surface area contributed by atoms with Crippen LogP contribution in [0.4, 0.5) is 10.3 Å². The quantitative estimate of drug-likeness (QED) is 0.389. The van der Waals surface area contributed by atoms with Crippen LogP contribution in [0.2, 0.25) is 0 Å². The number of nitrogens with zero attached hydrogens (tertiary/aromatic N) is 4. The number of H-pyrrole nitrogens is 1. The molecule has 1 aromatic carbocycles. The first-order valence-corrected chi connectivity index (χ1v) is 11.9. The maximum Gasteiger partial charge on any atom is 0.228 e. The summed E-state index contributed by atoms with van der Waals surface area (Å²) < 4.78 is 25.1. The van der Waals surface area contributed by atoms with Crippen molar-refractivity contribution in [1.82, 2.24) is 25.3 Å². The van der Waals surface area contributed by atoms with E-state index in [0.717, 1.165) is 12.1 Å². The van der Waals surface area contributed by atoms with Crippen molar-refractivity contribution in [3.05, 3.63) is 48.2 Å². The molecule has 0 atom stereocenters. The number of amides is 1. The van der Waals surface area contributed by atoms with Crippen LogP contribution in [0.15, 0.2) is 36.5 Å². The van der Waals surface area contributed by atoms with Gasteiger partial charge in [-0.3, -0.25) is 4.79 Å². The van der Waals surface area contributed by atoms with E-state index >= 15 is 0 Å². The van der Waals surface area contributed by atoms with Crippen LogP contribution in [-0.4, -0.2) is 58.4 Å². The van der Waals surface area contributed by atoms with Crippen molar-refractivity contribution in [3.8, 4) is 28.7 Å². The molecule has 3 heterocycles. The number of carbonyl (C=O) groups excluding carboxylic acids is 1. The van der Waals surface area contributed by atoms with E-state index in [-0.39, 0.29) is 31.5 Å². The molecule has 0 bridgehead atoms. The number of anilines is 1. The predicted molar refractivity (Wildman–Crippen MR) is 128 cm³/mol. The Balaban J connectivity index is 1.34. The Morgan fingerprint density at radius 3 is 2.67 bits per heavy atom. The van der Waals surface area contributed by atoms with Gasteiger partial charge in [-0.1, -0.05) is 0 Å². The third-order valence-electron chi connectivity index (χ3n) is 6.07. The monoisotopic (exact) mass is 491 g/mol. The molecule has 2 fully saturated rings. The van der Waals surface area contributed by atoms with Crippen molar-refractivity contribution in [2.75, 3.05) is 31.6 Å². The molecule has 0 radical (unpaired) electrons. The van der Waals surface area contributed by atoms with Crippen LogP contribution in [0.1, 0.15) is 18.7 Å². The first-order valence-electron chi connectivity index (χ1n) is 11.9. The number of hydrogen-bond acceptors (Lipinski definition) is 8. The van der Waals surface area contributed by atoms with Crippen LogP contribution in [0, 0.1) is 29.0 Å². The molecule has 186 valence electrons. The zero-order valence-electron chi connectivity index (χ0n) is 19.5. The summed E-state index contributed by atoms with van der Waals surface area (Å²) in [5.74, 6) is 0.747. The molecule has 5 rings (SSSR count). The highest BCUT2D eigenvalue weighted by Gasteiger charge is 2.29. The number of imidazole rings is 1. The van der Waals surface area contributed by atoms with Crippen LogP contribution >= 0.6 is 0 Å². The lowest BCUT2D eigenvalue weighted by Crippen LogP contribution is -2.42. The minimum Gasteiger partial charge on any atom is -0.354 e. The third-order valence-corrected chi connectivity index (χ3v) is 6.07. The highest BCUT2D eigenvalue weighted by molar-refractivity contribution is 5.79. The number of benzene rings is 1. The molecular weight excluding hydrogens is 465 g/mol. The van der Waals surface area contributed by atoms with Gasteiger partial charge in [0.15, 0.2) is 6.29 Å². The van der Waals surface area contributed by atoms with Crippen molar-refractivity contribution >= 4 is 11.9 Å². The van der Waals surface area contributed by atoms with E-state index in [0.29, 0.717) is 41.2 Å². The highest BCUT2D eigenvalue weighted by atomic mass is 19.1. The summed E-state index contributed by atoms with van der Waals surface area (Å²) in [6, 6.07) is 9.79. The Labute approximate surface area is 207 Å². The predicted octanol–water partition coefficient (Wildman–Crippen LogP) is 2.67. The van der Waals surface area contributed by atoms with E-state index < -0.39 is 12.2 Å². The second-order valence-corrected chi connectivity index (χ2v) is 8.88. The number of aromatic amines is 1. The van der Waals surface area contributed by atoms with Gasteiger partial charge in [0.25, 0.3) is 0 Å². The Bertz CT molecular complexity index is 1250. The molecule has 1 amide bonds. The molecule has 0 spiro atoms. The summed E-state index contributed by atoms with van der Waals surface area (Å²) in [7, 11) is 0. The van der Waals surface area contributed by atoms with Crippen molar-refractivity contribution in [1.29, 1.82) is 5.26 Å². The van der Waals surface area contributed by atoms with Gasteiger partial charge in [-0.05, 0) is 49.1 Å². The molecule has 3 N–H and O–H groups in total. The first-order chi connectivity index (χ1) is 17.6. The number of halogens is 1. The smallest absolute Gasteiger partial charge is 0.228 e. The molecule has 1 saturated heterocycles. The number of rotatable bonds is 9. The lowest BCUT2D eigenvalue weighted by atomic mass is 10.1. The van der Waals surface area contributed by atoms with E-state index in [9.17, 15) is 9.18 Å². The Kier molecular flexibility index (Phi) is 7.16. The molecule has 36 heavy (non-hydrogen) atoms. The first kappa shape index (κ1) is 23.8. The molecule has 2 aromatic heterocycles. The van der Waals surface area contributed by atoms with Gasteiger partial charge in [-0.15, -0.1) is 0 Å². The van der Waals surface area contributed by atoms with E-state index in [4.69, 9.17) is 19.7 Å². The molecule has 1 saturated carbocycles. The topological polar surface area (TPSA) is 138 Å². The van der Waals surface area contributed by atoms with Gasteiger partial charge in [-0.2, -0.15) is 5.26 Å². The van der Waals surface area contributed by atoms with Crippen LogP contribution < -0.4 is 10.6 Å². The molecule has 3 aromatic rings. The molecular formula is C25H26FN7O3. The summed E-state index contributed by atoms with van der Waals surface area (Å²) in [6.07, 6.45) is 3.87. The zero-order valence-corrected chi connectivity index (χ0v) is 19.5. The number of aromatic nitrogens is 4. The number of carbonyl (C=O) groups is 1. The van der Waals surface area contributed by atoms with Crippen molar-refractivity contribution in [3.63, 3.8) is 0 Å². The largest absolute Gasteiger partial charge is 0.354 e. The zero-order chi connectivity index (χ0) is 24.9. The standard InChI is InChI=1S/C25H26FN7O3/c26-18-5-3-16(4-6-18)22-23(19-7-9-29-25(31-19)30-12-15-1-2-15)33-20(32-22)11-21-35-13-17(14-36-21)24(34)28-10-8-27/h3-7,9,15,17,21H,1-2,10-14H2,(H,28,34)(H,32,33)(H,29,30,31). The molecule has 2 aliphatic rings. The van der Waals surface area contributed by atoms with Crippen LogP contribution in [-0.2, 0) is 20.7 Å². The van der Waals surface area contributed by atoms with E-state index in [1.54, 1.807) is 24.4 Å². The SMILES string of the molecule is N#CCNC(=O)C1COC(Cc2nc(-c3ccc(F)cc3)c(-c3ccnc(NCC4CC4)n3)[nH]2)OC1. The number of ether oxygens (including phenoxy) is 2. The Hall–Kier alpha value is -3.88. The van der Waals surface area contributed by atoms with Gasteiger partial charge < -0.3 is 25.1 Å². The highest BCUT2D eigenvalue weighted by Crippen LogP contribution is 2.31. The van der Waals surface area contributed by atoms with E-state index in [1.165, 1.54) is 25.0 Å². The van der Waals surface area contributed by atoms with Crippen LogP contribution in [0.5, 0.6) is 0 Å². The lowest BCUT2D eigenvalue weighted by molar-refractivity contribution is -0.200. The lowest BCUT2D eigenvalue weighted by Gasteiger charge is -2.28. The number of nitriles is 1. The Morgan fingerprint density at radius 1 is 1.17 bits per heavy atom. The third kappa shape index (κ3) is 5.84. The summed E-state index contributed by atoms with van der Waals surface area (Å²) in [6.45, 7) is 1.15. The molecule has 0 unspecified atom stereocenters. The average molecular weight is 492 g/mol. The molecule has 1 aliphatic carbocycles. The van der Waals surface area contributed by atoms with Gasteiger partial charge in [0, 0.05) is 18.3 Å². The number of nitrogens with one attached hydrogen (secondary N) is 3. The maximum absolute atomic E-state index is 13.6. The summed E-state index contributed by atoms with van der Waals surface area (Å²) in [5.41, 5.74) is 2.69. The minimum atomic E-state index is -0.591. The maximum atomic E-state index is 13.6. The second kappa shape index (κ2) is 10.8. The normalized spacial score (nSPS) is 19.4. The minimum absolute atomic E-state index is 0.0546. The van der Waals surface area contributed by atoms with Gasteiger partial charge in [0.2, 0.25) is 11.9 Å². The molecule has 1 aliphatic heterocycles. The van der Waals surface area contributed by atoms with Crippen molar-refractivity contribution in [2.45, 2.75) is 25.6 Å². The molecule has 10 nitrogen and oxygen atoms in total. The summed E-state index contributed by atoms with van der Waals surface area (Å²) in [5, 5.41) is 14.4. The van der Waals surface area contributed by atoms with Gasteiger partial charge >= 0.3 is 0 Å². The fourth-order valence-electron chi connectivity index (χ4n) is 3.90. The van der Waals surface area contributed by atoms with Gasteiger partial charge in [0.1, 0.15) is 18.2 Å². The van der Waals surface area contributed by atoms with Crippen LogP contribution in [0.3, 0.4) is 0 Å². The fraction of sp³-hybridized carbons (Fsp3) is 0.400. The van der Waals surface area contributed by atoms with Gasteiger partial charge in [-0.25, -0.2) is 19.3 Å². The summed E-state index contributed by atoms with van der Waals surface area (Å²) >= 11 is 0. The van der Waals surface area contributed by atoms with E-state index in [1.807, 2.05) is 6.07 Å². The molecule has 11 heteroatoms. The van der Waals surface area contributed by atoms with Crippen molar-refractivity contribution in [2.24, 2.45) is 11.8 Å². The van der Waals surface area contributed by atoms with E-state index in [2.05, 4.69) is 25.6 Å². The summed E-state index contributed by atoms with van der Waals surface area (Å²) in [4.78, 5) is 29.1. The second-order valence-electron chi connectivity index (χ2n) is 8.88. The number of hydrogen-bond donors (Lipinski definition) is 3. The fourth-order valence-corrected chi connectivity index (χ4v) is 3.90. The van der Waals surface area contributed by atoms with Gasteiger partial charge in [0.05, 0.1) is 48.7 Å². The van der Waals surface area contributed by atoms with Crippen molar-refractivity contribution < 1.29 is 18.7 Å².